The van der Waals surface area contributed by atoms with Gasteiger partial charge in [0.05, 0.1) is 5.56 Å². The van der Waals surface area contributed by atoms with Crippen LogP contribution in [0.4, 0.5) is 4.39 Å². The normalized spacial score (nSPS) is 14.3. The standard InChI is InChI=1S/C13H12FNO/c1-3-9-8-10(14)4-7-12(9)13(16)15(2)11-5-6-11/h1,4,7-8,11H,5-6H2,2H3. The summed E-state index contributed by atoms with van der Waals surface area (Å²) in [5.74, 6) is 1.80. The van der Waals surface area contributed by atoms with Crippen LogP contribution < -0.4 is 0 Å². The zero-order valence-corrected chi connectivity index (χ0v) is 9.03. The number of hydrogen-bond acceptors (Lipinski definition) is 1. The number of rotatable bonds is 2. The molecule has 1 aliphatic carbocycles. The molecule has 1 aromatic rings. The van der Waals surface area contributed by atoms with Crippen LogP contribution in [0.25, 0.3) is 0 Å². The molecule has 1 saturated carbocycles. The van der Waals surface area contributed by atoms with Crippen LogP contribution in [-0.4, -0.2) is 23.9 Å². The van der Waals surface area contributed by atoms with Gasteiger partial charge in [-0.3, -0.25) is 4.79 Å². The number of amides is 1. The Labute approximate surface area is 94.1 Å². The molecule has 1 amide bonds. The van der Waals surface area contributed by atoms with Gasteiger partial charge in [0.15, 0.2) is 0 Å². The number of terminal acetylenes is 1. The largest absolute Gasteiger partial charge is 0.339 e. The van der Waals surface area contributed by atoms with E-state index in [2.05, 4.69) is 5.92 Å². The molecule has 2 rings (SSSR count). The highest BCUT2D eigenvalue weighted by molar-refractivity contribution is 5.96. The summed E-state index contributed by atoms with van der Waals surface area (Å²) in [6.45, 7) is 0. The first-order valence-corrected chi connectivity index (χ1v) is 5.17. The summed E-state index contributed by atoms with van der Waals surface area (Å²) >= 11 is 0. The predicted octanol–water partition coefficient (Wildman–Crippen LogP) is 2.04. The summed E-state index contributed by atoms with van der Waals surface area (Å²) in [5, 5.41) is 0. The van der Waals surface area contributed by atoms with Gasteiger partial charge in [-0.2, -0.15) is 0 Å². The molecule has 0 aromatic heterocycles. The van der Waals surface area contributed by atoms with E-state index in [9.17, 15) is 9.18 Å². The van der Waals surface area contributed by atoms with E-state index in [1.165, 1.54) is 18.2 Å². The molecule has 0 bridgehead atoms. The Balaban J connectivity index is 2.32. The Morgan fingerprint density at radius 2 is 2.25 bits per heavy atom. The van der Waals surface area contributed by atoms with Gasteiger partial charge in [0.1, 0.15) is 5.82 Å². The van der Waals surface area contributed by atoms with Crippen molar-refractivity contribution >= 4 is 5.91 Å². The van der Waals surface area contributed by atoms with E-state index < -0.39 is 5.82 Å². The number of benzene rings is 1. The second-order valence-electron chi connectivity index (χ2n) is 3.98. The van der Waals surface area contributed by atoms with E-state index in [1.807, 2.05) is 0 Å². The third kappa shape index (κ3) is 1.92. The molecule has 0 N–H and O–H groups in total. The fourth-order valence-corrected chi connectivity index (χ4v) is 1.64. The molecule has 0 heterocycles. The molecule has 3 heteroatoms. The van der Waals surface area contributed by atoms with Gasteiger partial charge in [-0.25, -0.2) is 4.39 Å². The van der Waals surface area contributed by atoms with E-state index >= 15 is 0 Å². The Morgan fingerprint density at radius 3 is 2.81 bits per heavy atom. The first-order chi connectivity index (χ1) is 7.63. The zero-order valence-electron chi connectivity index (χ0n) is 9.03. The lowest BCUT2D eigenvalue weighted by Crippen LogP contribution is -2.29. The van der Waals surface area contributed by atoms with Crippen molar-refractivity contribution in [2.45, 2.75) is 18.9 Å². The lowest BCUT2D eigenvalue weighted by molar-refractivity contribution is 0.0785. The molecule has 0 unspecified atom stereocenters. The molecule has 82 valence electrons. The van der Waals surface area contributed by atoms with Crippen LogP contribution in [0.5, 0.6) is 0 Å². The molecule has 1 fully saturated rings. The minimum Gasteiger partial charge on any atom is -0.339 e. The minimum atomic E-state index is -0.418. The first-order valence-electron chi connectivity index (χ1n) is 5.17. The zero-order chi connectivity index (χ0) is 11.7. The average Bonchev–Trinajstić information content (AvgIpc) is 3.10. The summed E-state index contributed by atoms with van der Waals surface area (Å²) in [5.41, 5.74) is 0.718. The monoisotopic (exact) mass is 217 g/mol. The molecular weight excluding hydrogens is 205 g/mol. The van der Waals surface area contributed by atoms with Crippen molar-refractivity contribution < 1.29 is 9.18 Å². The molecule has 0 aliphatic heterocycles. The van der Waals surface area contributed by atoms with Crippen molar-refractivity contribution in [2.24, 2.45) is 0 Å². The van der Waals surface area contributed by atoms with Gasteiger partial charge in [0.25, 0.3) is 5.91 Å². The Morgan fingerprint density at radius 1 is 1.56 bits per heavy atom. The minimum absolute atomic E-state index is 0.129. The van der Waals surface area contributed by atoms with Crippen molar-refractivity contribution in [3.63, 3.8) is 0 Å². The van der Waals surface area contributed by atoms with Crippen LogP contribution in [0.1, 0.15) is 28.8 Å². The molecule has 0 spiro atoms. The topological polar surface area (TPSA) is 20.3 Å². The Kier molecular flexibility index (Phi) is 2.66. The van der Waals surface area contributed by atoms with E-state index in [-0.39, 0.29) is 5.91 Å². The van der Waals surface area contributed by atoms with Crippen molar-refractivity contribution in [3.05, 3.63) is 35.1 Å². The van der Waals surface area contributed by atoms with Gasteiger partial charge in [-0.15, -0.1) is 6.42 Å². The molecule has 2 nitrogen and oxygen atoms in total. The van der Waals surface area contributed by atoms with Gasteiger partial charge in [-0.05, 0) is 31.0 Å². The molecule has 0 radical (unpaired) electrons. The molecular formula is C13H12FNO. The van der Waals surface area contributed by atoms with Crippen LogP contribution in [0.3, 0.4) is 0 Å². The number of carbonyl (C=O) groups excluding carboxylic acids is 1. The summed E-state index contributed by atoms with van der Waals surface area (Å²) in [6, 6.07) is 4.25. The van der Waals surface area contributed by atoms with E-state index in [4.69, 9.17) is 6.42 Å². The van der Waals surface area contributed by atoms with E-state index in [0.717, 1.165) is 12.8 Å². The number of carbonyl (C=O) groups is 1. The first kappa shape index (κ1) is 10.7. The van der Waals surface area contributed by atoms with Gasteiger partial charge < -0.3 is 4.90 Å². The lowest BCUT2D eigenvalue weighted by Gasteiger charge is -2.17. The Hall–Kier alpha value is -1.82. The number of halogens is 1. The van der Waals surface area contributed by atoms with Crippen LogP contribution >= 0.6 is 0 Å². The fourth-order valence-electron chi connectivity index (χ4n) is 1.64. The van der Waals surface area contributed by atoms with Gasteiger partial charge in [-0.1, -0.05) is 5.92 Å². The average molecular weight is 217 g/mol. The predicted molar refractivity (Wildman–Crippen MR) is 59.5 cm³/mol. The van der Waals surface area contributed by atoms with Crippen molar-refractivity contribution in [3.8, 4) is 12.3 Å². The second kappa shape index (κ2) is 3.97. The summed E-state index contributed by atoms with van der Waals surface area (Å²) in [6.07, 6.45) is 7.33. The summed E-state index contributed by atoms with van der Waals surface area (Å²) < 4.78 is 12.9. The highest BCUT2D eigenvalue weighted by Crippen LogP contribution is 2.27. The maximum absolute atomic E-state index is 12.9. The third-order valence-corrected chi connectivity index (χ3v) is 2.78. The fraction of sp³-hybridized carbons (Fsp3) is 0.308. The third-order valence-electron chi connectivity index (χ3n) is 2.78. The second-order valence-corrected chi connectivity index (χ2v) is 3.98. The highest BCUT2D eigenvalue weighted by atomic mass is 19.1. The smallest absolute Gasteiger partial charge is 0.255 e. The molecule has 16 heavy (non-hydrogen) atoms. The van der Waals surface area contributed by atoms with Crippen LogP contribution in [-0.2, 0) is 0 Å². The molecule has 0 atom stereocenters. The summed E-state index contributed by atoms with van der Waals surface area (Å²) in [7, 11) is 1.75. The van der Waals surface area contributed by atoms with Gasteiger partial charge in [0.2, 0.25) is 0 Å². The quantitative estimate of drug-likeness (QED) is 0.694. The van der Waals surface area contributed by atoms with E-state index in [0.29, 0.717) is 17.2 Å². The maximum atomic E-state index is 12.9. The van der Waals surface area contributed by atoms with Crippen LogP contribution in [0, 0.1) is 18.2 Å². The van der Waals surface area contributed by atoms with E-state index in [1.54, 1.807) is 11.9 Å². The van der Waals surface area contributed by atoms with Crippen molar-refractivity contribution in [2.75, 3.05) is 7.05 Å². The summed E-state index contributed by atoms with van der Waals surface area (Å²) in [4.78, 5) is 13.7. The maximum Gasteiger partial charge on any atom is 0.255 e. The SMILES string of the molecule is C#Cc1cc(F)ccc1C(=O)N(C)C1CC1. The molecule has 1 aromatic carbocycles. The van der Waals surface area contributed by atoms with Crippen LogP contribution in [0.2, 0.25) is 0 Å². The van der Waals surface area contributed by atoms with Gasteiger partial charge >= 0.3 is 0 Å². The molecule has 0 saturated heterocycles. The van der Waals surface area contributed by atoms with Gasteiger partial charge in [0, 0.05) is 18.7 Å². The van der Waals surface area contributed by atoms with Crippen molar-refractivity contribution in [1.82, 2.24) is 4.90 Å². The van der Waals surface area contributed by atoms with Crippen LogP contribution in [0.15, 0.2) is 18.2 Å². The number of hydrogen-bond donors (Lipinski definition) is 0. The Bertz CT molecular complexity index is 471. The van der Waals surface area contributed by atoms with Crippen molar-refractivity contribution in [1.29, 1.82) is 0 Å². The highest BCUT2D eigenvalue weighted by Gasteiger charge is 2.30. The molecule has 1 aliphatic rings. The number of nitrogens with zero attached hydrogens (tertiary/aromatic N) is 1. The lowest BCUT2D eigenvalue weighted by atomic mass is 10.1.